The first-order chi connectivity index (χ1) is 8.90. The third-order valence-corrected chi connectivity index (χ3v) is 5.40. The summed E-state index contributed by atoms with van der Waals surface area (Å²) in [6.07, 6.45) is 4.81. The van der Waals surface area contributed by atoms with E-state index in [4.69, 9.17) is 0 Å². The molecule has 1 aliphatic rings. The average Bonchev–Trinajstić information content (AvgIpc) is 3.02. The van der Waals surface area contributed by atoms with Crippen LogP contribution in [0, 0.1) is 0 Å². The van der Waals surface area contributed by atoms with E-state index in [1.165, 1.54) is 27.5 Å². The van der Waals surface area contributed by atoms with E-state index >= 15 is 0 Å². The highest BCUT2D eigenvalue weighted by Crippen LogP contribution is 2.36. The number of hydrogen-bond donors (Lipinski definition) is 1. The molecule has 1 aliphatic heterocycles. The summed E-state index contributed by atoms with van der Waals surface area (Å²) in [5.74, 6) is 3.37. The molecule has 0 spiro atoms. The molecule has 0 bridgehead atoms. The van der Waals surface area contributed by atoms with E-state index in [-0.39, 0.29) is 0 Å². The summed E-state index contributed by atoms with van der Waals surface area (Å²) in [7, 11) is 0. The molecule has 0 fully saturated rings. The van der Waals surface area contributed by atoms with Crippen LogP contribution in [0.3, 0.4) is 0 Å². The van der Waals surface area contributed by atoms with E-state index < -0.39 is 0 Å². The summed E-state index contributed by atoms with van der Waals surface area (Å²) >= 11 is 3.89. The van der Waals surface area contributed by atoms with Crippen molar-refractivity contribution in [3.8, 4) is 10.7 Å². The molecule has 4 rings (SSSR count). The van der Waals surface area contributed by atoms with Gasteiger partial charge in [-0.25, -0.2) is 4.98 Å². The van der Waals surface area contributed by atoms with Gasteiger partial charge in [0.05, 0.1) is 22.1 Å². The highest BCUT2D eigenvalue weighted by atomic mass is 32.2. The third kappa shape index (κ3) is 1.66. The van der Waals surface area contributed by atoms with Crippen LogP contribution < -0.4 is 0 Å². The number of thiophene rings is 1. The number of thioether (sulfide) groups is 1. The Morgan fingerprint density at radius 3 is 3.22 bits per heavy atom. The number of hydrogen-bond acceptors (Lipinski definition) is 4. The second-order valence-electron chi connectivity index (χ2n) is 4.34. The van der Waals surface area contributed by atoms with E-state index in [1.54, 1.807) is 6.20 Å². The first-order valence-corrected chi connectivity index (χ1v) is 7.87. The average molecular weight is 273 g/mol. The molecule has 3 nitrogen and oxygen atoms in total. The third-order valence-electron chi connectivity index (χ3n) is 3.14. The van der Waals surface area contributed by atoms with Crippen LogP contribution in [0.1, 0.15) is 10.4 Å². The molecule has 0 aromatic carbocycles. The van der Waals surface area contributed by atoms with Gasteiger partial charge in [-0.15, -0.1) is 11.3 Å². The molecule has 0 aliphatic carbocycles. The smallest absolute Gasteiger partial charge is 0.148 e. The van der Waals surface area contributed by atoms with Gasteiger partial charge in [-0.05, 0) is 29.9 Å². The lowest BCUT2D eigenvalue weighted by Crippen LogP contribution is -1.96. The first-order valence-electron chi connectivity index (χ1n) is 5.89. The maximum atomic E-state index is 4.63. The molecule has 5 heteroatoms. The van der Waals surface area contributed by atoms with Crippen molar-refractivity contribution in [1.82, 2.24) is 15.0 Å². The minimum Gasteiger partial charge on any atom is -0.336 e. The summed E-state index contributed by atoms with van der Waals surface area (Å²) in [6.45, 7) is 0. The van der Waals surface area contributed by atoms with Crippen LogP contribution in [-0.2, 0) is 12.2 Å². The van der Waals surface area contributed by atoms with Crippen molar-refractivity contribution in [3.63, 3.8) is 0 Å². The Labute approximate surface area is 113 Å². The predicted octanol–water partition coefficient (Wildman–Crippen LogP) is 3.48. The maximum Gasteiger partial charge on any atom is 0.148 e. The molecule has 1 N–H and O–H groups in total. The van der Waals surface area contributed by atoms with Crippen LogP contribution in [0.2, 0.25) is 0 Å². The highest BCUT2D eigenvalue weighted by molar-refractivity contribution is 7.98. The van der Waals surface area contributed by atoms with Crippen LogP contribution >= 0.6 is 23.1 Å². The second-order valence-corrected chi connectivity index (χ2v) is 6.58. The van der Waals surface area contributed by atoms with Crippen LogP contribution in [0.4, 0.5) is 0 Å². The summed E-state index contributed by atoms with van der Waals surface area (Å²) in [5.41, 5.74) is 3.49. The van der Waals surface area contributed by atoms with Crippen molar-refractivity contribution in [1.29, 1.82) is 0 Å². The second kappa shape index (κ2) is 4.10. The van der Waals surface area contributed by atoms with Gasteiger partial charge < -0.3 is 4.98 Å². The van der Waals surface area contributed by atoms with E-state index in [0.29, 0.717) is 0 Å². The van der Waals surface area contributed by atoms with Gasteiger partial charge in [0.2, 0.25) is 0 Å². The van der Waals surface area contributed by atoms with E-state index in [9.17, 15) is 0 Å². The van der Waals surface area contributed by atoms with Crippen LogP contribution in [0.15, 0.2) is 24.5 Å². The minimum absolute atomic E-state index is 0.974. The monoisotopic (exact) mass is 273 g/mol. The lowest BCUT2D eigenvalue weighted by Gasteiger charge is -2.08. The Balaban J connectivity index is 1.84. The molecule has 18 heavy (non-hydrogen) atoms. The Hall–Kier alpha value is -1.33. The van der Waals surface area contributed by atoms with Gasteiger partial charge in [-0.3, -0.25) is 4.98 Å². The zero-order valence-electron chi connectivity index (χ0n) is 9.64. The minimum atomic E-state index is 0.974. The van der Waals surface area contributed by atoms with Gasteiger partial charge in [-0.1, -0.05) is 0 Å². The van der Waals surface area contributed by atoms with Crippen molar-refractivity contribution in [2.24, 2.45) is 0 Å². The predicted molar refractivity (Wildman–Crippen MR) is 77.1 cm³/mol. The molecule has 0 atom stereocenters. The zero-order valence-corrected chi connectivity index (χ0v) is 11.3. The standard InChI is InChI=1S/C13H11N3S2/c1-3-14-6-10-9(1)15-13(16-10)12-5-8-7-17-4-2-11(8)18-12/h1,3,5-6H,2,4,7H2,(H,15,16). The molecule has 90 valence electrons. The number of aromatic nitrogens is 3. The van der Waals surface area contributed by atoms with Crippen LogP contribution in [0.5, 0.6) is 0 Å². The maximum absolute atomic E-state index is 4.63. The van der Waals surface area contributed by atoms with Crippen molar-refractivity contribution < 1.29 is 0 Å². The molecule has 0 amide bonds. The fourth-order valence-corrected chi connectivity index (χ4v) is 4.55. The van der Waals surface area contributed by atoms with Gasteiger partial charge in [0, 0.05) is 16.8 Å². The number of imidazole rings is 1. The number of H-pyrrole nitrogens is 1. The number of nitrogens with one attached hydrogen (secondary N) is 1. The van der Waals surface area contributed by atoms with Crippen LogP contribution in [-0.4, -0.2) is 20.7 Å². The van der Waals surface area contributed by atoms with Gasteiger partial charge >= 0.3 is 0 Å². The van der Waals surface area contributed by atoms with Gasteiger partial charge in [0.1, 0.15) is 5.82 Å². The quantitative estimate of drug-likeness (QED) is 0.738. The van der Waals surface area contributed by atoms with E-state index in [2.05, 4.69) is 21.0 Å². The van der Waals surface area contributed by atoms with Crippen molar-refractivity contribution in [2.75, 3.05) is 5.75 Å². The van der Waals surface area contributed by atoms with Crippen molar-refractivity contribution in [3.05, 3.63) is 35.0 Å². The number of aryl methyl sites for hydroxylation is 1. The number of fused-ring (bicyclic) bond motifs is 2. The molecular weight excluding hydrogens is 262 g/mol. The number of rotatable bonds is 1. The molecule has 3 aromatic rings. The molecule has 0 unspecified atom stereocenters. The lowest BCUT2D eigenvalue weighted by atomic mass is 10.2. The molecule has 0 saturated heterocycles. The molecule has 0 saturated carbocycles. The first kappa shape index (κ1) is 10.6. The zero-order chi connectivity index (χ0) is 11.9. The van der Waals surface area contributed by atoms with Crippen LogP contribution in [0.25, 0.3) is 21.7 Å². The molecule has 0 radical (unpaired) electrons. The fraction of sp³-hybridized carbons (Fsp3) is 0.231. The SMILES string of the molecule is c1cc2nc(-c3cc4c(s3)CCSC4)[nH]c2cn1. The topological polar surface area (TPSA) is 41.6 Å². The number of nitrogens with zero attached hydrogens (tertiary/aromatic N) is 2. The number of pyridine rings is 1. The Bertz CT molecular complexity index is 657. The van der Waals surface area contributed by atoms with E-state index in [0.717, 1.165) is 22.6 Å². The van der Waals surface area contributed by atoms with Gasteiger partial charge in [0.15, 0.2) is 0 Å². The number of aromatic amines is 1. The lowest BCUT2D eigenvalue weighted by molar-refractivity contribution is 1.13. The molecular formula is C13H11N3S2. The van der Waals surface area contributed by atoms with Gasteiger partial charge in [-0.2, -0.15) is 11.8 Å². The normalized spacial score (nSPS) is 14.9. The Morgan fingerprint density at radius 1 is 1.33 bits per heavy atom. The summed E-state index contributed by atoms with van der Waals surface area (Å²) in [5, 5.41) is 0. The summed E-state index contributed by atoms with van der Waals surface area (Å²) in [6, 6.07) is 4.23. The Morgan fingerprint density at radius 2 is 2.33 bits per heavy atom. The van der Waals surface area contributed by atoms with Gasteiger partial charge in [0.25, 0.3) is 0 Å². The largest absolute Gasteiger partial charge is 0.336 e. The van der Waals surface area contributed by atoms with E-state index in [1.807, 2.05) is 35.4 Å². The molecule has 3 aromatic heterocycles. The summed E-state index contributed by atoms with van der Waals surface area (Å²) in [4.78, 5) is 14.9. The Kier molecular flexibility index (Phi) is 2.41. The molecule has 4 heterocycles. The fourth-order valence-electron chi connectivity index (χ4n) is 2.24. The highest BCUT2D eigenvalue weighted by Gasteiger charge is 2.16. The van der Waals surface area contributed by atoms with Crippen molar-refractivity contribution in [2.45, 2.75) is 12.2 Å². The van der Waals surface area contributed by atoms with Crippen molar-refractivity contribution >= 4 is 34.1 Å². The summed E-state index contributed by atoms with van der Waals surface area (Å²) < 4.78 is 0.